The number of halogens is 1. The lowest BCUT2D eigenvalue weighted by atomic mass is 10.1. The molecule has 2 heteroatoms. The van der Waals surface area contributed by atoms with Crippen molar-refractivity contribution in [2.75, 3.05) is 6.61 Å². The van der Waals surface area contributed by atoms with Gasteiger partial charge in [-0.3, -0.25) is 0 Å². The fourth-order valence-corrected chi connectivity index (χ4v) is 1.66. The molecule has 0 aromatic heterocycles. The van der Waals surface area contributed by atoms with E-state index in [2.05, 4.69) is 0 Å². The highest BCUT2D eigenvalue weighted by molar-refractivity contribution is 6.30. The van der Waals surface area contributed by atoms with Gasteiger partial charge in [0.1, 0.15) is 0 Å². The molecule has 1 aromatic rings. The smallest absolute Gasteiger partial charge is 0.0648 e. The van der Waals surface area contributed by atoms with Crippen molar-refractivity contribution in [2.24, 2.45) is 0 Å². The molecule has 62 valence electrons. The van der Waals surface area contributed by atoms with Crippen molar-refractivity contribution in [3.8, 4) is 0 Å². The average Bonchev–Trinajstić information content (AvgIpc) is 2.46. The minimum atomic E-state index is 0.145. The Kier molecular flexibility index (Phi) is 1.91. The molecular weight excluding hydrogens is 172 g/mol. The van der Waals surface area contributed by atoms with Gasteiger partial charge < -0.3 is 5.11 Å². The van der Waals surface area contributed by atoms with Gasteiger partial charge in [-0.25, -0.2) is 0 Å². The lowest BCUT2D eigenvalue weighted by Gasteiger charge is -1.97. The summed E-state index contributed by atoms with van der Waals surface area (Å²) in [6, 6.07) is 5.82. The van der Waals surface area contributed by atoms with E-state index in [1.54, 1.807) is 0 Å². The molecule has 1 aromatic carbocycles. The monoisotopic (exact) mass is 180 g/mol. The van der Waals surface area contributed by atoms with E-state index in [-0.39, 0.29) is 6.61 Å². The standard InChI is InChI=1S/C10H9ClO/c11-10-2-1-8-3-7(6-12)4-9(8)5-10/h1-2,4-5,12H,3,6H2. The Morgan fingerprint density at radius 2 is 2.25 bits per heavy atom. The van der Waals surface area contributed by atoms with Crippen LogP contribution in [0.25, 0.3) is 6.08 Å². The summed E-state index contributed by atoms with van der Waals surface area (Å²) in [5, 5.41) is 9.66. The van der Waals surface area contributed by atoms with Gasteiger partial charge >= 0.3 is 0 Å². The van der Waals surface area contributed by atoms with Gasteiger partial charge in [0.15, 0.2) is 0 Å². The first-order valence-corrected chi connectivity index (χ1v) is 4.26. The fraction of sp³-hybridized carbons (Fsp3) is 0.200. The van der Waals surface area contributed by atoms with E-state index < -0.39 is 0 Å². The van der Waals surface area contributed by atoms with Crippen LogP contribution >= 0.6 is 11.6 Å². The molecule has 0 unspecified atom stereocenters. The summed E-state index contributed by atoms with van der Waals surface area (Å²) in [4.78, 5) is 0. The molecule has 0 atom stereocenters. The molecule has 0 saturated carbocycles. The van der Waals surface area contributed by atoms with Crippen molar-refractivity contribution in [1.82, 2.24) is 0 Å². The SMILES string of the molecule is OCC1=Cc2cc(Cl)ccc2C1. The van der Waals surface area contributed by atoms with E-state index in [4.69, 9.17) is 16.7 Å². The van der Waals surface area contributed by atoms with Gasteiger partial charge in [-0.05, 0) is 35.3 Å². The third-order valence-electron chi connectivity index (χ3n) is 2.09. The van der Waals surface area contributed by atoms with E-state index in [1.807, 2.05) is 24.3 Å². The van der Waals surface area contributed by atoms with Gasteiger partial charge in [0.2, 0.25) is 0 Å². The fourth-order valence-electron chi connectivity index (χ4n) is 1.48. The van der Waals surface area contributed by atoms with Crippen molar-refractivity contribution in [2.45, 2.75) is 6.42 Å². The molecule has 1 aliphatic carbocycles. The highest BCUT2D eigenvalue weighted by Crippen LogP contribution is 2.26. The summed E-state index contributed by atoms with van der Waals surface area (Å²) < 4.78 is 0. The molecule has 1 nitrogen and oxygen atoms in total. The predicted octanol–water partition coefficient (Wildman–Crippen LogP) is 2.27. The van der Waals surface area contributed by atoms with Crippen LogP contribution in [-0.4, -0.2) is 11.7 Å². The minimum absolute atomic E-state index is 0.145. The molecule has 0 bridgehead atoms. The Morgan fingerprint density at radius 3 is 3.00 bits per heavy atom. The summed E-state index contributed by atoms with van der Waals surface area (Å²) in [7, 11) is 0. The maximum Gasteiger partial charge on any atom is 0.0648 e. The van der Waals surface area contributed by atoms with Crippen LogP contribution < -0.4 is 0 Å². The zero-order valence-corrected chi connectivity index (χ0v) is 7.30. The molecule has 0 aliphatic heterocycles. The summed E-state index contributed by atoms with van der Waals surface area (Å²) in [5.41, 5.74) is 3.46. The van der Waals surface area contributed by atoms with Crippen LogP contribution in [0.2, 0.25) is 5.02 Å². The Hall–Kier alpha value is -0.790. The molecule has 0 fully saturated rings. The normalized spacial score (nSPS) is 14.3. The first kappa shape index (κ1) is 7.84. The number of benzene rings is 1. The Bertz CT molecular complexity index is 342. The number of hydrogen-bond acceptors (Lipinski definition) is 1. The van der Waals surface area contributed by atoms with Crippen LogP contribution in [0.3, 0.4) is 0 Å². The highest BCUT2D eigenvalue weighted by Gasteiger charge is 2.11. The Labute approximate surface area is 76.3 Å². The molecule has 0 saturated heterocycles. The van der Waals surface area contributed by atoms with Crippen molar-refractivity contribution in [3.05, 3.63) is 39.9 Å². The lowest BCUT2D eigenvalue weighted by molar-refractivity contribution is 0.330. The zero-order chi connectivity index (χ0) is 8.55. The highest BCUT2D eigenvalue weighted by atomic mass is 35.5. The second kappa shape index (κ2) is 2.92. The quantitative estimate of drug-likeness (QED) is 0.703. The van der Waals surface area contributed by atoms with Crippen LogP contribution in [0, 0.1) is 0 Å². The van der Waals surface area contributed by atoms with Gasteiger partial charge in [0.25, 0.3) is 0 Å². The van der Waals surface area contributed by atoms with Crippen molar-refractivity contribution >= 4 is 17.7 Å². The van der Waals surface area contributed by atoms with E-state index >= 15 is 0 Å². The molecule has 0 amide bonds. The molecule has 2 rings (SSSR count). The summed E-state index contributed by atoms with van der Waals surface area (Å²) >= 11 is 5.82. The number of hydrogen-bond donors (Lipinski definition) is 1. The van der Waals surface area contributed by atoms with Gasteiger partial charge in [-0.2, -0.15) is 0 Å². The van der Waals surface area contributed by atoms with Gasteiger partial charge in [0.05, 0.1) is 6.61 Å². The maximum absolute atomic E-state index is 8.91. The molecule has 1 N–H and O–H groups in total. The van der Waals surface area contributed by atoms with Crippen LogP contribution in [0.5, 0.6) is 0 Å². The molecule has 0 spiro atoms. The second-order valence-corrected chi connectivity index (χ2v) is 3.42. The topological polar surface area (TPSA) is 20.2 Å². The Morgan fingerprint density at radius 1 is 1.42 bits per heavy atom. The zero-order valence-electron chi connectivity index (χ0n) is 6.55. The summed E-state index contributed by atoms with van der Waals surface area (Å²) in [6.07, 6.45) is 2.87. The minimum Gasteiger partial charge on any atom is -0.392 e. The van der Waals surface area contributed by atoms with E-state index in [9.17, 15) is 0 Å². The average molecular weight is 181 g/mol. The van der Waals surface area contributed by atoms with Crippen LogP contribution in [0.1, 0.15) is 11.1 Å². The first-order chi connectivity index (χ1) is 5.79. The summed E-state index contributed by atoms with van der Waals surface area (Å²) in [6.45, 7) is 0.145. The molecule has 12 heavy (non-hydrogen) atoms. The predicted molar refractivity (Wildman–Crippen MR) is 50.2 cm³/mol. The van der Waals surface area contributed by atoms with Crippen molar-refractivity contribution in [3.63, 3.8) is 0 Å². The van der Waals surface area contributed by atoms with E-state index in [0.29, 0.717) is 0 Å². The second-order valence-electron chi connectivity index (χ2n) is 2.98. The lowest BCUT2D eigenvalue weighted by Crippen LogP contribution is -1.88. The third kappa shape index (κ3) is 1.26. The Balaban J connectivity index is 2.42. The summed E-state index contributed by atoms with van der Waals surface area (Å²) in [5.74, 6) is 0. The molecule has 0 radical (unpaired) electrons. The van der Waals surface area contributed by atoms with Gasteiger partial charge in [-0.15, -0.1) is 0 Å². The van der Waals surface area contributed by atoms with Crippen molar-refractivity contribution in [1.29, 1.82) is 0 Å². The van der Waals surface area contributed by atoms with E-state index in [1.165, 1.54) is 5.56 Å². The van der Waals surface area contributed by atoms with Crippen LogP contribution in [0.15, 0.2) is 23.8 Å². The molecular formula is C10H9ClO. The number of aliphatic hydroxyl groups is 1. The number of rotatable bonds is 1. The largest absolute Gasteiger partial charge is 0.392 e. The van der Waals surface area contributed by atoms with Crippen molar-refractivity contribution < 1.29 is 5.11 Å². The number of fused-ring (bicyclic) bond motifs is 1. The van der Waals surface area contributed by atoms with Gasteiger partial charge in [-0.1, -0.05) is 23.7 Å². The molecule has 1 aliphatic rings. The van der Waals surface area contributed by atoms with Crippen LogP contribution in [-0.2, 0) is 6.42 Å². The van der Waals surface area contributed by atoms with Crippen LogP contribution in [0.4, 0.5) is 0 Å². The molecule has 0 heterocycles. The first-order valence-electron chi connectivity index (χ1n) is 3.88. The third-order valence-corrected chi connectivity index (χ3v) is 2.32. The van der Waals surface area contributed by atoms with E-state index in [0.717, 1.165) is 22.6 Å². The van der Waals surface area contributed by atoms with Gasteiger partial charge in [0, 0.05) is 5.02 Å². The number of aliphatic hydroxyl groups excluding tert-OH is 1. The maximum atomic E-state index is 8.91.